The van der Waals surface area contributed by atoms with E-state index in [1.54, 1.807) is 11.4 Å². The maximum atomic E-state index is 12.5. The monoisotopic (exact) mass is 425 g/mol. The topological polar surface area (TPSA) is 68.2 Å². The van der Waals surface area contributed by atoms with Gasteiger partial charge in [0, 0.05) is 70.1 Å². The van der Waals surface area contributed by atoms with Crippen LogP contribution in [0.1, 0.15) is 5.56 Å². The van der Waals surface area contributed by atoms with Gasteiger partial charge in [0.1, 0.15) is 0 Å². The summed E-state index contributed by atoms with van der Waals surface area (Å²) in [4.78, 5) is 8.95. The second-order valence-corrected chi connectivity index (χ2v) is 10.4. The number of nitrogens with one attached hydrogen (secondary N) is 1. The first kappa shape index (κ1) is 21.3. The van der Waals surface area contributed by atoms with Crippen LogP contribution in [0.3, 0.4) is 0 Å². The molecule has 1 N–H and O–H groups in total. The third kappa shape index (κ3) is 5.55. The molecule has 0 amide bonds. The van der Waals surface area contributed by atoms with Crippen LogP contribution in [0.4, 0.5) is 5.69 Å². The summed E-state index contributed by atoms with van der Waals surface area (Å²) in [5, 5.41) is 3.24. The maximum Gasteiger partial charge on any atom is 0.215 e. The largest absolute Gasteiger partial charge is 0.368 e. The van der Waals surface area contributed by atoms with Gasteiger partial charge >= 0.3 is 0 Å². The number of anilines is 1. The van der Waals surface area contributed by atoms with Gasteiger partial charge in [-0.25, -0.2) is 12.7 Å². The number of nitrogens with zero attached hydrogens (tertiary/aromatic N) is 4. The van der Waals surface area contributed by atoms with Crippen molar-refractivity contribution in [2.75, 3.05) is 75.0 Å². The lowest BCUT2D eigenvalue weighted by Crippen LogP contribution is -2.53. The van der Waals surface area contributed by atoms with E-state index in [4.69, 9.17) is 0 Å². The van der Waals surface area contributed by atoms with E-state index in [-0.39, 0.29) is 5.75 Å². The molecule has 2 aliphatic rings. The van der Waals surface area contributed by atoms with Crippen molar-refractivity contribution in [3.63, 3.8) is 0 Å². The number of benzene rings is 1. The molecule has 156 valence electrons. The highest BCUT2D eigenvalue weighted by Gasteiger charge is 2.24. The first-order valence-electron chi connectivity index (χ1n) is 9.82. The first-order valence-corrected chi connectivity index (χ1v) is 12.6. The molecule has 2 heterocycles. The molecular formula is C19H31N5O2S2. The molecule has 0 spiro atoms. The molecule has 7 nitrogen and oxygen atoms in total. The Labute approximate surface area is 173 Å². The Morgan fingerprint density at radius 3 is 2.50 bits per heavy atom. The summed E-state index contributed by atoms with van der Waals surface area (Å²) >= 11 is 1.81. The van der Waals surface area contributed by atoms with E-state index in [9.17, 15) is 8.42 Å². The number of piperazine rings is 1. The SMILES string of the molecule is CN=C(NCCS(=O)(=O)N1CCSCC1)N1CCN(c2cccc(C)c2)CC1. The van der Waals surface area contributed by atoms with Gasteiger partial charge in [-0.2, -0.15) is 11.8 Å². The lowest BCUT2D eigenvalue weighted by atomic mass is 10.2. The number of sulfonamides is 1. The maximum absolute atomic E-state index is 12.5. The zero-order valence-electron chi connectivity index (χ0n) is 16.8. The Balaban J connectivity index is 1.47. The summed E-state index contributed by atoms with van der Waals surface area (Å²) in [6.45, 7) is 7.33. The predicted octanol–water partition coefficient (Wildman–Crippen LogP) is 1.07. The zero-order chi connectivity index (χ0) is 20.0. The molecule has 0 atom stereocenters. The highest BCUT2D eigenvalue weighted by molar-refractivity contribution is 7.99. The van der Waals surface area contributed by atoms with Gasteiger partial charge in [-0.3, -0.25) is 4.99 Å². The molecule has 2 aliphatic heterocycles. The van der Waals surface area contributed by atoms with Crippen molar-refractivity contribution in [3.8, 4) is 0 Å². The highest BCUT2D eigenvalue weighted by Crippen LogP contribution is 2.18. The van der Waals surface area contributed by atoms with Gasteiger partial charge in [-0.15, -0.1) is 0 Å². The van der Waals surface area contributed by atoms with Crippen LogP contribution < -0.4 is 10.2 Å². The number of aliphatic imine (C=N–C) groups is 1. The second kappa shape index (κ2) is 9.84. The van der Waals surface area contributed by atoms with Crippen molar-refractivity contribution in [3.05, 3.63) is 29.8 Å². The molecular weight excluding hydrogens is 394 g/mol. The molecule has 0 aliphatic carbocycles. The standard InChI is InChI=1S/C19H31N5O2S2/c1-17-4-3-5-18(16-17)22-7-9-23(10-8-22)19(20-2)21-6-15-28(25,26)24-11-13-27-14-12-24/h3-5,16H,6-15H2,1-2H3,(H,20,21). The quantitative estimate of drug-likeness (QED) is 0.562. The number of hydrogen-bond acceptors (Lipinski definition) is 5. The fraction of sp³-hybridized carbons (Fsp3) is 0.632. The minimum absolute atomic E-state index is 0.111. The van der Waals surface area contributed by atoms with E-state index in [0.717, 1.165) is 43.6 Å². The van der Waals surface area contributed by atoms with Crippen LogP contribution in [0.5, 0.6) is 0 Å². The second-order valence-electron chi connectivity index (χ2n) is 7.11. The molecule has 3 rings (SSSR count). The minimum atomic E-state index is -3.19. The van der Waals surface area contributed by atoms with E-state index < -0.39 is 10.0 Å². The van der Waals surface area contributed by atoms with Crippen molar-refractivity contribution in [2.24, 2.45) is 4.99 Å². The van der Waals surface area contributed by atoms with Crippen molar-refractivity contribution < 1.29 is 8.42 Å². The van der Waals surface area contributed by atoms with Crippen LogP contribution in [0, 0.1) is 6.92 Å². The minimum Gasteiger partial charge on any atom is -0.368 e. The smallest absolute Gasteiger partial charge is 0.215 e. The van der Waals surface area contributed by atoms with Crippen LogP contribution in [0.15, 0.2) is 29.3 Å². The Morgan fingerprint density at radius 2 is 1.86 bits per heavy atom. The predicted molar refractivity (Wildman–Crippen MR) is 119 cm³/mol. The molecule has 2 fully saturated rings. The van der Waals surface area contributed by atoms with Gasteiger partial charge in [0.2, 0.25) is 10.0 Å². The molecule has 0 aromatic heterocycles. The summed E-state index contributed by atoms with van der Waals surface area (Å²) in [6.07, 6.45) is 0. The van der Waals surface area contributed by atoms with E-state index in [1.807, 2.05) is 11.8 Å². The van der Waals surface area contributed by atoms with Crippen LogP contribution in [-0.2, 0) is 10.0 Å². The zero-order valence-corrected chi connectivity index (χ0v) is 18.4. The molecule has 0 radical (unpaired) electrons. The van der Waals surface area contributed by atoms with Gasteiger partial charge in [-0.1, -0.05) is 12.1 Å². The summed E-state index contributed by atoms with van der Waals surface area (Å²) in [6, 6.07) is 8.58. The van der Waals surface area contributed by atoms with Gasteiger partial charge in [0.05, 0.1) is 5.75 Å². The van der Waals surface area contributed by atoms with Crippen LogP contribution in [0.2, 0.25) is 0 Å². The van der Waals surface area contributed by atoms with E-state index >= 15 is 0 Å². The lowest BCUT2D eigenvalue weighted by Gasteiger charge is -2.37. The molecule has 0 saturated carbocycles. The van der Waals surface area contributed by atoms with E-state index in [1.165, 1.54) is 11.3 Å². The Kier molecular flexibility index (Phi) is 7.48. The number of thioether (sulfide) groups is 1. The van der Waals surface area contributed by atoms with Crippen LogP contribution in [0.25, 0.3) is 0 Å². The summed E-state index contributed by atoms with van der Waals surface area (Å²) in [7, 11) is -1.44. The number of hydrogen-bond donors (Lipinski definition) is 1. The van der Waals surface area contributed by atoms with Crippen molar-refractivity contribution >= 4 is 33.4 Å². The molecule has 1 aromatic carbocycles. The molecule has 0 unspecified atom stereocenters. The number of rotatable bonds is 5. The van der Waals surface area contributed by atoms with Crippen molar-refractivity contribution in [2.45, 2.75) is 6.92 Å². The molecule has 2 saturated heterocycles. The molecule has 0 bridgehead atoms. The number of aryl methyl sites for hydroxylation is 1. The normalized spacial score (nSPS) is 19.7. The average Bonchev–Trinajstić information content (AvgIpc) is 2.72. The van der Waals surface area contributed by atoms with Crippen molar-refractivity contribution in [1.82, 2.24) is 14.5 Å². The van der Waals surface area contributed by atoms with Crippen molar-refractivity contribution in [1.29, 1.82) is 0 Å². The van der Waals surface area contributed by atoms with E-state index in [0.29, 0.717) is 19.6 Å². The van der Waals surface area contributed by atoms with Gasteiger partial charge in [0.15, 0.2) is 5.96 Å². The Morgan fingerprint density at radius 1 is 1.14 bits per heavy atom. The molecule has 28 heavy (non-hydrogen) atoms. The van der Waals surface area contributed by atoms with Gasteiger partial charge < -0.3 is 15.1 Å². The fourth-order valence-electron chi connectivity index (χ4n) is 3.58. The molecule has 9 heteroatoms. The molecule has 1 aromatic rings. The highest BCUT2D eigenvalue weighted by atomic mass is 32.2. The van der Waals surface area contributed by atoms with Crippen LogP contribution >= 0.6 is 11.8 Å². The summed E-state index contributed by atoms with van der Waals surface area (Å²) < 4.78 is 26.6. The van der Waals surface area contributed by atoms with Crippen LogP contribution in [-0.4, -0.2) is 93.7 Å². The third-order valence-corrected chi connectivity index (χ3v) is 7.98. The number of guanidine groups is 1. The Hall–Kier alpha value is -1.45. The summed E-state index contributed by atoms with van der Waals surface area (Å²) in [5.41, 5.74) is 2.53. The van der Waals surface area contributed by atoms with Gasteiger partial charge in [0.25, 0.3) is 0 Å². The lowest BCUT2D eigenvalue weighted by molar-refractivity contribution is 0.373. The first-order chi connectivity index (χ1) is 13.5. The fourth-order valence-corrected chi connectivity index (χ4v) is 6.07. The third-order valence-electron chi connectivity index (χ3n) is 5.16. The summed E-state index contributed by atoms with van der Waals surface area (Å²) in [5.74, 6) is 2.67. The van der Waals surface area contributed by atoms with Gasteiger partial charge in [-0.05, 0) is 24.6 Å². The Bertz CT molecular complexity index is 770. The van der Waals surface area contributed by atoms with E-state index in [2.05, 4.69) is 51.3 Å². The average molecular weight is 426 g/mol.